The van der Waals surface area contributed by atoms with Gasteiger partial charge in [0.15, 0.2) is 5.69 Å². The van der Waals surface area contributed by atoms with E-state index >= 15 is 0 Å². The summed E-state index contributed by atoms with van der Waals surface area (Å²) in [4.78, 5) is 27.5. The average molecular weight is 473 g/mol. The van der Waals surface area contributed by atoms with Crippen molar-refractivity contribution in [2.24, 2.45) is 0 Å². The molecule has 1 aliphatic rings. The number of carbonyl (C=O) groups excluding carboxylic acids is 1. The fraction of sp³-hybridized carbons (Fsp3) is 0.261. The molecule has 1 atom stereocenters. The third kappa shape index (κ3) is 5.32. The summed E-state index contributed by atoms with van der Waals surface area (Å²) in [6, 6.07) is 12.3. The highest BCUT2D eigenvalue weighted by Gasteiger charge is 2.29. The van der Waals surface area contributed by atoms with Gasteiger partial charge in [0.2, 0.25) is 0 Å². The largest absolute Gasteiger partial charge is 0.476 e. The van der Waals surface area contributed by atoms with Gasteiger partial charge < -0.3 is 14.7 Å². The van der Waals surface area contributed by atoms with Crippen LogP contribution in [0.4, 0.5) is 9.18 Å². The molecule has 0 unspecified atom stereocenters. The summed E-state index contributed by atoms with van der Waals surface area (Å²) in [5, 5.41) is 13.3. The van der Waals surface area contributed by atoms with Crippen LogP contribution >= 0.6 is 11.6 Å². The molecule has 1 N–H and O–H groups in total. The second kappa shape index (κ2) is 9.60. The molecule has 1 aromatic heterocycles. The van der Waals surface area contributed by atoms with Gasteiger partial charge in [-0.15, -0.1) is 0 Å². The summed E-state index contributed by atoms with van der Waals surface area (Å²) in [6.45, 7) is 3.95. The van der Waals surface area contributed by atoms with E-state index in [4.69, 9.17) is 21.4 Å². The van der Waals surface area contributed by atoms with Gasteiger partial charge in [0.25, 0.3) is 0 Å². The van der Waals surface area contributed by atoms with Gasteiger partial charge in [-0.2, -0.15) is 9.78 Å². The maximum atomic E-state index is 14.2. The zero-order valence-electron chi connectivity index (χ0n) is 17.8. The predicted molar refractivity (Wildman–Crippen MR) is 119 cm³/mol. The molecular formula is C23H22ClFN4O4. The number of aromatic nitrogens is 2. The molecule has 1 aliphatic heterocycles. The number of nitrogens with zero attached hydrogens (tertiary/aromatic N) is 4. The van der Waals surface area contributed by atoms with Crippen molar-refractivity contribution in [2.45, 2.75) is 19.5 Å². The Labute approximate surface area is 194 Å². The van der Waals surface area contributed by atoms with Crippen molar-refractivity contribution in [3.63, 3.8) is 0 Å². The van der Waals surface area contributed by atoms with E-state index in [0.717, 1.165) is 10.2 Å². The van der Waals surface area contributed by atoms with Crippen LogP contribution in [0.15, 0.2) is 54.7 Å². The molecule has 3 aromatic rings. The predicted octanol–water partition coefficient (Wildman–Crippen LogP) is 4.34. The highest BCUT2D eigenvalue weighted by Crippen LogP contribution is 2.30. The SMILES string of the molecule is C[C@@H]1CN(Cc2cc(F)cc(Oc3ccccc3Cl)c2)CCN1C(=O)n1ccc(C(=O)O)n1. The summed E-state index contributed by atoms with van der Waals surface area (Å²) in [7, 11) is 0. The van der Waals surface area contributed by atoms with Crippen molar-refractivity contribution >= 4 is 23.6 Å². The third-order valence-corrected chi connectivity index (χ3v) is 5.68. The van der Waals surface area contributed by atoms with E-state index < -0.39 is 11.8 Å². The molecular weight excluding hydrogens is 451 g/mol. The zero-order chi connectivity index (χ0) is 23.5. The molecule has 0 radical (unpaired) electrons. The molecule has 4 rings (SSSR count). The number of amides is 1. The molecule has 2 heterocycles. The van der Waals surface area contributed by atoms with Crippen LogP contribution in [-0.4, -0.2) is 62.4 Å². The summed E-state index contributed by atoms with van der Waals surface area (Å²) in [5.41, 5.74) is 0.553. The van der Waals surface area contributed by atoms with E-state index in [2.05, 4.69) is 10.00 Å². The average Bonchev–Trinajstić information content (AvgIpc) is 3.25. The molecule has 0 spiro atoms. The van der Waals surface area contributed by atoms with Gasteiger partial charge in [-0.1, -0.05) is 23.7 Å². The molecule has 1 saturated heterocycles. The van der Waals surface area contributed by atoms with Crippen molar-refractivity contribution in [3.05, 3.63) is 76.8 Å². The minimum absolute atomic E-state index is 0.142. The molecule has 8 nitrogen and oxygen atoms in total. The van der Waals surface area contributed by atoms with E-state index in [0.29, 0.717) is 42.7 Å². The lowest BCUT2D eigenvalue weighted by Crippen LogP contribution is -2.54. The van der Waals surface area contributed by atoms with Gasteiger partial charge in [0.1, 0.15) is 17.3 Å². The van der Waals surface area contributed by atoms with E-state index in [1.54, 1.807) is 35.2 Å². The van der Waals surface area contributed by atoms with Crippen LogP contribution in [0.3, 0.4) is 0 Å². The Hall–Kier alpha value is -3.43. The van der Waals surface area contributed by atoms with Gasteiger partial charge in [-0.25, -0.2) is 14.0 Å². The number of carboxylic acids is 1. The van der Waals surface area contributed by atoms with Crippen molar-refractivity contribution in [1.29, 1.82) is 0 Å². The van der Waals surface area contributed by atoms with E-state index in [9.17, 15) is 14.0 Å². The highest BCUT2D eigenvalue weighted by atomic mass is 35.5. The second-order valence-corrected chi connectivity index (χ2v) is 8.25. The minimum atomic E-state index is -1.19. The maximum absolute atomic E-state index is 14.2. The molecule has 1 fully saturated rings. The highest BCUT2D eigenvalue weighted by molar-refractivity contribution is 6.32. The molecule has 0 saturated carbocycles. The van der Waals surface area contributed by atoms with E-state index in [-0.39, 0.29) is 17.8 Å². The van der Waals surface area contributed by atoms with Crippen LogP contribution in [0.5, 0.6) is 11.5 Å². The Morgan fingerprint density at radius 3 is 2.70 bits per heavy atom. The number of carbonyl (C=O) groups is 2. The van der Waals surface area contributed by atoms with Gasteiger partial charge in [0, 0.05) is 44.5 Å². The first-order valence-corrected chi connectivity index (χ1v) is 10.7. The van der Waals surface area contributed by atoms with Crippen LogP contribution in [0.25, 0.3) is 0 Å². The van der Waals surface area contributed by atoms with Gasteiger partial charge in [-0.3, -0.25) is 4.90 Å². The van der Waals surface area contributed by atoms with Crippen LogP contribution in [0.2, 0.25) is 5.02 Å². The van der Waals surface area contributed by atoms with Crippen molar-refractivity contribution in [2.75, 3.05) is 19.6 Å². The first kappa shape index (κ1) is 22.8. The van der Waals surface area contributed by atoms with Gasteiger partial charge in [-0.05, 0) is 42.8 Å². The summed E-state index contributed by atoms with van der Waals surface area (Å²) >= 11 is 6.13. The minimum Gasteiger partial charge on any atom is -0.476 e. The Balaban J connectivity index is 1.40. The Bertz CT molecular complexity index is 1180. The number of piperazine rings is 1. The fourth-order valence-corrected chi connectivity index (χ4v) is 3.99. The van der Waals surface area contributed by atoms with Crippen LogP contribution in [0.1, 0.15) is 23.0 Å². The monoisotopic (exact) mass is 472 g/mol. The number of benzene rings is 2. The third-order valence-electron chi connectivity index (χ3n) is 5.36. The quantitative estimate of drug-likeness (QED) is 0.594. The Morgan fingerprint density at radius 2 is 2.00 bits per heavy atom. The number of hydrogen-bond acceptors (Lipinski definition) is 5. The number of halogens is 2. The zero-order valence-corrected chi connectivity index (χ0v) is 18.6. The van der Waals surface area contributed by atoms with E-state index in [1.807, 2.05) is 6.92 Å². The number of aromatic carboxylic acids is 1. The van der Waals surface area contributed by atoms with Crippen molar-refractivity contribution in [1.82, 2.24) is 19.6 Å². The number of rotatable bonds is 5. The Kier molecular flexibility index (Phi) is 6.62. The van der Waals surface area contributed by atoms with Gasteiger partial charge in [0.05, 0.1) is 5.02 Å². The van der Waals surface area contributed by atoms with Crippen LogP contribution in [-0.2, 0) is 6.54 Å². The number of para-hydroxylation sites is 1. The molecule has 1 amide bonds. The van der Waals surface area contributed by atoms with Gasteiger partial charge >= 0.3 is 12.0 Å². The van der Waals surface area contributed by atoms with E-state index in [1.165, 1.54) is 24.4 Å². The van der Waals surface area contributed by atoms with Crippen LogP contribution < -0.4 is 4.74 Å². The maximum Gasteiger partial charge on any atom is 0.356 e. The number of carboxylic acid groups (broad SMARTS) is 1. The normalized spacial score (nSPS) is 16.6. The first-order valence-electron chi connectivity index (χ1n) is 10.3. The lowest BCUT2D eigenvalue weighted by molar-refractivity contribution is 0.0689. The van der Waals surface area contributed by atoms with Crippen molar-refractivity contribution in [3.8, 4) is 11.5 Å². The summed E-state index contributed by atoms with van der Waals surface area (Å²) in [6.07, 6.45) is 1.35. The van der Waals surface area contributed by atoms with Crippen molar-refractivity contribution < 1.29 is 23.8 Å². The smallest absolute Gasteiger partial charge is 0.356 e. The lowest BCUT2D eigenvalue weighted by atomic mass is 10.1. The first-order chi connectivity index (χ1) is 15.8. The fourth-order valence-electron chi connectivity index (χ4n) is 3.82. The molecule has 0 bridgehead atoms. The summed E-state index contributed by atoms with van der Waals surface area (Å²) in [5.74, 6) is -0.800. The topological polar surface area (TPSA) is 87.9 Å². The molecule has 10 heteroatoms. The molecule has 2 aromatic carbocycles. The lowest BCUT2D eigenvalue weighted by Gasteiger charge is -2.39. The standard InChI is InChI=1S/C23H22ClFN4O4/c1-15-13-27(8-9-28(15)23(32)29-7-6-20(26-29)22(30)31)14-16-10-17(25)12-18(11-16)33-21-5-3-2-4-19(21)24/h2-7,10-12,15H,8-9,13-14H2,1H3,(H,30,31)/t15-/m1/s1. The summed E-state index contributed by atoms with van der Waals surface area (Å²) < 4.78 is 21.0. The second-order valence-electron chi connectivity index (χ2n) is 7.84. The molecule has 0 aliphatic carbocycles. The number of hydrogen-bond donors (Lipinski definition) is 1. The van der Waals surface area contributed by atoms with Crippen LogP contribution in [0, 0.1) is 5.82 Å². The molecule has 33 heavy (non-hydrogen) atoms. The number of ether oxygens (including phenoxy) is 1. The Morgan fingerprint density at radius 1 is 1.21 bits per heavy atom. The molecule has 172 valence electrons.